The number of hydrogen-bond donors (Lipinski definition) is 5. The van der Waals surface area contributed by atoms with Crippen LogP contribution in [0.15, 0.2) is 24.3 Å². The van der Waals surface area contributed by atoms with Crippen LogP contribution in [0.2, 0.25) is 0 Å². The third kappa shape index (κ3) is 5.69. The van der Waals surface area contributed by atoms with E-state index in [0.29, 0.717) is 0 Å². The number of benzene rings is 1. The summed E-state index contributed by atoms with van der Waals surface area (Å²) in [5, 5.41) is 14.8. The highest BCUT2D eigenvalue weighted by molar-refractivity contribution is 7.84. The summed E-state index contributed by atoms with van der Waals surface area (Å²) in [7, 11) is -8.69. The van der Waals surface area contributed by atoms with Crippen molar-refractivity contribution in [3.05, 3.63) is 29.8 Å². The van der Waals surface area contributed by atoms with Gasteiger partial charge in [-0.05, 0) is 17.7 Å². The standard InChI is InChI=1S/C15H19N3O12S2/c1-8(19)16-11(12(20)9-3-5-10(6-4-9)30-32(26,27)28)13(21)17-15(29-2)7-18(14(15)22)31(23,24)25/h3-6,11-12,20H,7H2,1-2H3,(H,16,19)(H,17,21)(H,23,24,25)(H,26,27,28). The number of carbonyl (C=O) groups is 3. The molecule has 17 heteroatoms. The van der Waals surface area contributed by atoms with E-state index < -0.39 is 62.8 Å². The fourth-order valence-electron chi connectivity index (χ4n) is 2.75. The van der Waals surface area contributed by atoms with Crippen molar-refractivity contribution in [3.8, 4) is 5.75 Å². The molecule has 1 aliphatic heterocycles. The van der Waals surface area contributed by atoms with Crippen LogP contribution in [0.5, 0.6) is 5.75 Å². The third-order valence-electron chi connectivity index (χ3n) is 4.27. The maximum atomic E-state index is 12.7. The van der Waals surface area contributed by atoms with Gasteiger partial charge in [0.25, 0.3) is 5.91 Å². The van der Waals surface area contributed by atoms with Gasteiger partial charge in [-0.3, -0.25) is 23.5 Å². The monoisotopic (exact) mass is 497 g/mol. The van der Waals surface area contributed by atoms with Crippen molar-refractivity contribution in [2.45, 2.75) is 24.8 Å². The van der Waals surface area contributed by atoms with Gasteiger partial charge in [0, 0.05) is 14.0 Å². The van der Waals surface area contributed by atoms with Crippen LogP contribution in [0.3, 0.4) is 0 Å². The van der Waals surface area contributed by atoms with Crippen LogP contribution in [0.1, 0.15) is 18.6 Å². The molecule has 32 heavy (non-hydrogen) atoms. The Morgan fingerprint density at radius 1 is 1.16 bits per heavy atom. The second kappa shape index (κ2) is 8.96. The van der Waals surface area contributed by atoms with Crippen LogP contribution in [0, 0.1) is 0 Å². The first-order chi connectivity index (χ1) is 14.6. The molecule has 0 aromatic heterocycles. The molecule has 0 spiro atoms. The zero-order valence-corrected chi connectivity index (χ0v) is 18.1. The summed E-state index contributed by atoms with van der Waals surface area (Å²) >= 11 is 0. The second-order valence-electron chi connectivity index (χ2n) is 6.51. The molecule has 1 saturated heterocycles. The maximum absolute atomic E-state index is 12.7. The summed E-state index contributed by atoms with van der Waals surface area (Å²) < 4.78 is 70.5. The van der Waals surface area contributed by atoms with E-state index in [0.717, 1.165) is 38.3 Å². The number of aliphatic hydroxyl groups is 1. The molecule has 1 aliphatic rings. The highest BCUT2D eigenvalue weighted by Crippen LogP contribution is 2.27. The molecule has 1 heterocycles. The van der Waals surface area contributed by atoms with E-state index >= 15 is 0 Å². The Morgan fingerprint density at radius 2 is 1.72 bits per heavy atom. The minimum atomic E-state index is -4.89. The fraction of sp³-hybridized carbons (Fsp3) is 0.400. The number of β-lactam (4-membered cyclic amide) rings is 1. The van der Waals surface area contributed by atoms with Crippen LogP contribution < -0.4 is 14.8 Å². The van der Waals surface area contributed by atoms with Crippen molar-refractivity contribution in [2.24, 2.45) is 0 Å². The number of nitrogens with zero attached hydrogens (tertiary/aromatic N) is 1. The van der Waals surface area contributed by atoms with Gasteiger partial charge < -0.3 is 24.7 Å². The van der Waals surface area contributed by atoms with E-state index in [1.54, 1.807) is 0 Å². The minimum absolute atomic E-state index is 0.00690. The molecule has 0 radical (unpaired) electrons. The van der Waals surface area contributed by atoms with Crippen LogP contribution in [-0.4, -0.2) is 78.5 Å². The quantitative estimate of drug-likeness (QED) is 0.136. The summed E-state index contributed by atoms with van der Waals surface area (Å²) in [6, 6.07) is 2.65. The van der Waals surface area contributed by atoms with Gasteiger partial charge in [-0.1, -0.05) is 12.1 Å². The second-order valence-corrected chi connectivity index (χ2v) is 8.87. The number of nitrogens with one attached hydrogen (secondary N) is 2. The lowest BCUT2D eigenvalue weighted by Crippen LogP contribution is -2.77. The first kappa shape index (κ1) is 25.4. The van der Waals surface area contributed by atoms with E-state index in [9.17, 15) is 36.3 Å². The number of aliphatic hydroxyl groups excluding tert-OH is 1. The molecule has 178 valence electrons. The van der Waals surface area contributed by atoms with Gasteiger partial charge in [0.05, 0.1) is 6.54 Å². The molecule has 3 amide bonds. The van der Waals surface area contributed by atoms with E-state index in [4.69, 9.17) is 13.8 Å². The Kier molecular flexibility index (Phi) is 7.12. The summed E-state index contributed by atoms with van der Waals surface area (Å²) in [5.41, 5.74) is -2.18. The average molecular weight is 497 g/mol. The molecule has 1 aromatic rings. The Balaban J connectivity index is 2.24. The molecule has 0 aliphatic carbocycles. The van der Waals surface area contributed by atoms with E-state index in [-0.39, 0.29) is 15.6 Å². The summed E-state index contributed by atoms with van der Waals surface area (Å²) in [6.07, 6.45) is -1.74. The van der Waals surface area contributed by atoms with E-state index in [2.05, 4.69) is 14.8 Å². The Labute approximate surface area is 182 Å². The highest BCUT2D eigenvalue weighted by atomic mass is 32.3. The molecule has 3 atom stereocenters. The molecular formula is C15H19N3O12S2. The van der Waals surface area contributed by atoms with Gasteiger partial charge >= 0.3 is 20.7 Å². The zero-order chi connectivity index (χ0) is 24.5. The average Bonchev–Trinajstić information content (AvgIpc) is 2.66. The van der Waals surface area contributed by atoms with E-state index in [1.807, 2.05) is 0 Å². The van der Waals surface area contributed by atoms with Crippen molar-refractivity contribution in [3.63, 3.8) is 0 Å². The number of methoxy groups -OCH3 is 1. The smallest absolute Gasteiger partial charge is 0.386 e. The molecule has 3 unspecified atom stereocenters. The van der Waals surface area contributed by atoms with Gasteiger partial charge in [0.1, 0.15) is 17.9 Å². The van der Waals surface area contributed by atoms with Crippen LogP contribution in [0.4, 0.5) is 0 Å². The van der Waals surface area contributed by atoms with E-state index in [1.165, 1.54) is 0 Å². The zero-order valence-electron chi connectivity index (χ0n) is 16.5. The lowest BCUT2D eigenvalue weighted by atomic mass is 9.99. The molecule has 15 nitrogen and oxygen atoms in total. The summed E-state index contributed by atoms with van der Waals surface area (Å²) in [6.45, 7) is 0.272. The predicted molar refractivity (Wildman–Crippen MR) is 102 cm³/mol. The van der Waals surface area contributed by atoms with Crippen molar-refractivity contribution in [1.29, 1.82) is 0 Å². The van der Waals surface area contributed by atoms with Crippen molar-refractivity contribution in [1.82, 2.24) is 14.9 Å². The highest BCUT2D eigenvalue weighted by Gasteiger charge is 2.59. The number of carbonyl (C=O) groups excluding carboxylic acids is 3. The molecule has 0 bridgehead atoms. The first-order valence-electron chi connectivity index (χ1n) is 8.48. The lowest BCUT2D eigenvalue weighted by molar-refractivity contribution is -0.181. The maximum Gasteiger partial charge on any atom is 0.446 e. The normalized spacial score (nSPS) is 20.7. The number of hydrogen-bond acceptors (Lipinski definition) is 10. The van der Waals surface area contributed by atoms with Gasteiger partial charge in [0.2, 0.25) is 17.5 Å². The Hall–Kier alpha value is -2.83. The minimum Gasteiger partial charge on any atom is -0.386 e. The SMILES string of the molecule is COC1(NC(=O)C(NC(C)=O)C(O)c2ccc(OS(=O)(=O)O)cc2)CN(S(=O)(=O)O)C1=O. The van der Waals surface area contributed by atoms with Crippen LogP contribution in [-0.2, 0) is 39.8 Å². The Bertz CT molecular complexity index is 1120. The van der Waals surface area contributed by atoms with Crippen molar-refractivity contribution in [2.75, 3.05) is 13.7 Å². The molecule has 5 N–H and O–H groups in total. The number of ether oxygens (including phenoxy) is 1. The first-order valence-corrected chi connectivity index (χ1v) is 11.2. The topological polar surface area (TPSA) is 226 Å². The van der Waals surface area contributed by atoms with Gasteiger partial charge in [-0.25, -0.2) is 4.31 Å². The molecule has 1 aromatic carbocycles. The van der Waals surface area contributed by atoms with Crippen molar-refractivity contribution < 1.29 is 54.4 Å². The number of rotatable bonds is 9. The number of amides is 3. The third-order valence-corrected chi connectivity index (χ3v) is 5.53. The summed E-state index contributed by atoms with van der Waals surface area (Å²) in [4.78, 5) is 36.4. The predicted octanol–water partition coefficient (Wildman–Crippen LogP) is -2.49. The summed E-state index contributed by atoms with van der Waals surface area (Å²) in [5.74, 6) is -3.51. The van der Waals surface area contributed by atoms with Crippen LogP contribution >= 0.6 is 0 Å². The Morgan fingerprint density at radius 3 is 2.12 bits per heavy atom. The lowest BCUT2D eigenvalue weighted by Gasteiger charge is -2.45. The van der Waals surface area contributed by atoms with Crippen LogP contribution in [0.25, 0.3) is 0 Å². The molecular weight excluding hydrogens is 478 g/mol. The molecule has 1 fully saturated rings. The fourth-order valence-corrected chi connectivity index (χ4v) is 3.81. The molecule has 0 saturated carbocycles. The van der Waals surface area contributed by atoms with Crippen molar-refractivity contribution >= 4 is 38.4 Å². The van der Waals surface area contributed by atoms with Gasteiger partial charge in [-0.15, -0.1) is 0 Å². The largest absolute Gasteiger partial charge is 0.446 e. The van der Waals surface area contributed by atoms with Gasteiger partial charge in [0.15, 0.2) is 0 Å². The van der Waals surface area contributed by atoms with Gasteiger partial charge in [-0.2, -0.15) is 16.8 Å². The molecule has 2 rings (SSSR count).